The summed E-state index contributed by atoms with van der Waals surface area (Å²) in [5.74, 6) is -0.399. The number of nitrogens with zero attached hydrogens (tertiary/aromatic N) is 2. The molecule has 0 radical (unpaired) electrons. The summed E-state index contributed by atoms with van der Waals surface area (Å²) in [4.78, 5) is 15.4. The number of aryl methyl sites for hydroxylation is 1. The van der Waals surface area contributed by atoms with Crippen LogP contribution < -0.4 is 14.5 Å². The highest BCUT2D eigenvalue weighted by molar-refractivity contribution is 7.92. The monoisotopic (exact) mass is 511 g/mol. The van der Waals surface area contributed by atoms with Crippen LogP contribution in [-0.2, 0) is 21.4 Å². The third-order valence-electron chi connectivity index (χ3n) is 6.21. The lowest BCUT2D eigenvalue weighted by Crippen LogP contribution is -2.41. The average molecular weight is 512 g/mol. The Balaban J connectivity index is 1.49. The summed E-state index contributed by atoms with van der Waals surface area (Å²) in [6, 6.07) is 21.3. The molecule has 0 aromatic heterocycles. The van der Waals surface area contributed by atoms with E-state index in [-0.39, 0.29) is 11.4 Å². The molecule has 3 aromatic rings. The van der Waals surface area contributed by atoms with Gasteiger partial charge in [-0.15, -0.1) is 0 Å². The molecule has 3 aromatic carbocycles. The second-order valence-electron chi connectivity index (χ2n) is 8.75. The van der Waals surface area contributed by atoms with Crippen LogP contribution >= 0.6 is 11.6 Å². The molecular formula is C27H30ClN3O3S. The molecule has 1 saturated heterocycles. The minimum Gasteiger partial charge on any atom is -0.372 e. The van der Waals surface area contributed by atoms with Crippen molar-refractivity contribution in [3.63, 3.8) is 0 Å². The predicted octanol–water partition coefficient (Wildman–Crippen LogP) is 5.15. The van der Waals surface area contributed by atoms with E-state index in [2.05, 4.69) is 22.3 Å². The Labute approximate surface area is 212 Å². The van der Waals surface area contributed by atoms with Crippen LogP contribution in [0.25, 0.3) is 0 Å². The Morgan fingerprint density at radius 1 is 0.971 bits per heavy atom. The summed E-state index contributed by atoms with van der Waals surface area (Å²) in [7, 11) is -3.98. The van der Waals surface area contributed by atoms with E-state index in [1.54, 1.807) is 43.3 Å². The number of rotatable bonds is 8. The number of halogens is 1. The quantitative estimate of drug-likeness (QED) is 0.454. The fourth-order valence-corrected chi connectivity index (χ4v) is 5.90. The van der Waals surface area contributed by atoms with Gasteiger partial charge in [-0.25, -0.2) is 8.42 Å². The molecule has 0 aliphatic carbocycles. The average Bonchev–Trinajstić information content (AvgIpc) is 2.89. The van der Waals surface area contributed by atoms with Crippen LogP contribution in [0.4, 0.5) is 11.4 Å². The predicted molar refractivity (Wildman–Crippen MR) is 142 cm³/mol. The van der Waals surface area contributed by atoms with Gasteiger partial charge in [0.1, 0.15) is 6.54 Å². The molecular weight excluding hydrogens is 482 g/mol. The van der Waals surface area contributed by atoms with Gasteiger partial charge in [0.2, 0.25) is 5.91 Å². The summed E-state index contributed by atoms with van der Waals surface area (Å²) in [6.45, 7) is 3.90. The topological polar surface area (TPSA) is 69.7 Å². The largest absolute Gasteiger partial charge is 0.372 e. The van der Waals surface area contributed by atoms with Gasteiger partial charge in [-0.2, -0.15) is 0 Å². The first-order valence-electron chi connectivity index (χ1n) is 11.8. The maximum Gasteiger partial charge on any atom is 0.264 e. The zero-order chi connectivity index (χ0) is 24.8. The van der Waals surface area contributed by atoms with Gasteiger partial charge >= 0.3 is 0 Å². The van der Waals surface area contributed by atoms with E-state index in [0.29, 0.717) is 22.8 Å². The van der Waals surface area contributed by atoms with Crippen LogP contribution in [-0.4, -0.2) is 34.0 Å². The van der Waals surface area contributed by atoms with Crippen LogP contribution in [0.5, 0.6) is 0 Å². The van der Waals surface area contributed by atoms with Gasteiger partial charge in [-0.05, 0) is 73.7 Å². The number of piperidine rings is 1. The molecule has 184 valence electrons. The molecule has 35 heavy (non-hydrogen) atoms. The Morgan fingerprint density at radius 3 is 2.34 bits per heavy atom. The van der Waals surface area contributed by atoms with Crippen molar-refractivity contribution < 1.29 is 13.2 Å². The second kappa shape index (κ2) is 11.1. The van der Waals surface area contributed by atoms with Crippen LogP contribution in [0.1, 0.15) is 30.4 Å². The van der Waals surface area contributed by atoms with Gasteiger partial charge in [0.05, 0.1) is 10.6 Å². The Hall–Kier alpha value is -3.03. The summed E-state index contributed by atoms with van der Waals surface area (Å²) in [5.41, 5.74) is 3.23. The number of benzene rings is 3. The molecule has 0 saturated carbocycles. The standard InChI is InChI=1S/C27H30ClN3O3S/c1-21-10-13-23(28)18-26(21)31(35(33,34)25-8-4-2-5-9-25)20-27(32)29-19-22-11-14-24(15-12-22)30-16-6-3-7-17-30/h2,4-5,8-15,18H,3,6-7,16-17,19-20H2,1H3,(H,29,32). The minimum atomic E-state index is -3.98. The maximum absolute atomic E-state index is 13.5. The van der Waals surface area contributed by atoms with Gasteiger partial charge in [0, 0.05) is 30.3 Å². The number of nitrogens with one attached hydrogen (secondary N) is 1. The van der Waals surface area contributed by atoms with Gasteiger partial charge in [-0.3, -0.25) is 9.10 Å². The Morgan fingerprint density at radius 2 is 1.66 bits per heavy atom. The number of anilines is 2. The number of carbonyl (C=O) groups is 1. The van der Waals surface area contributed by atoms with Crippen LogP contribution in [0, 0.1) is 6.92 Å². The van der Waals surface area contributed by atoms with Gasteiger partial charge in [0.25, 0.3) is 10.0 Å². The van der Waals surface area contributed by atoms with Gasteiger partial charge < -0.3 is 10.2 Å². The van der Waals surface area contributed by atoms with Crippen molar-refractivity contribution in [1.29, 1.82) is 0 Å². The second-order valence-corrected chi connectivity index (χ2v) is 11.0. The normalized spacial score (nSPS) is 13.9. The lowest BCUT2D eigenvalue weighted by atomic mass is 10.1. The first-order chi connectivity index (χ1) is 16.8. The van der Waals surface area contributed by atoms with Crippen molar-refractivity contribution in [2.75, 3.05) is 28.8 Å². The van der Waals surface area contributed by atoms with Crippen molar-refractivity contribution in [2.45, 2.75) is 37.6 Å². The molecule has 1 heterocycles. The smallest absolute Gasteiger partial charge is 0.264 e. The summed E-state index contributed by atoms with van der Waals surface area (Å²) in [5, 5.41) is 3.26. The van der Waals surface area contributed by atoms with Crippen LogP contribution in [0.15, 0.2) is 77.7 Å². The molecule has 0 atom stereocenters. The third kappa shape index (κ3) is 6.16. The molecule has 1 aliphatic rings. The van der Waals surface area contributed by atoms with Crippen molar-refractivity contribution in [2.24, 2.45) is 0 Å². The Kier molecular flexibility index (Phi) is 7.98. The zero-order valence-corrected chi connectivity index (χ0v) is 21.4. The van der Waals surface area contributed by atoms with Crippen molar-refractivity contribution in [3.05, 3.63) is 88.9 Å². The van der Waals surface area contributed by atoms with Crippen molar-refractivity contribution in [1.82, 2.24) is 5.32 Å². The maximum atomic E-state index is 13.5. The molecule has 0 unspecified atom stereocenters. The van der Waals surface area contributed by atoms with E-state index < -0.39 is 15.9 Å². The molecule has 1 amide bonds. The van der Waals surface area contributed by atoms with E-state index in [0.717, 1.165) is 23.0 Å². The van der Waals surface area contributed by atoms with E-state index in [4.69, 9.17) is 11.6 Å². The van der Waals surface area contributed by atoms with E-state index in [1.165, 1.54) is 37.1 Å². The van der Waals surface area contributed by atoms with Crippen molar-refractivity contribution in [3.8, 4) is 0 Å². The lowest BCUT2D eigenvalue weighted by Gasteiger charge is -2.29. The Bertz CT molecular complexity index is 1260. The van der Waals surface area contributed by atoms with E-state index in [9.17, 15) is 13.2 Å². The SMILES string of the molecule is Cc1ccc(Cl)cc1N(CC(=O)NCc1ccc(N2CCCCC2)cc1)S(=O)(=O)c1ccccc1. The molecule has 4 rings (SSSR count). The highest BCUT2D eigenvalue weighted by Crippen LogP contribution is 2.29. The highest BCUT2D eigenvalue weighted by atomic mass is 35.5. The zero-order valence-electron chi connectivity index (χ0n) is 19.8. The van der Waals surface area contributed by atoms with Crippen LogP contribution in [0.3, 0.4) is 0 Å². The molecule has 1 N–H and O–H groups in total. The number of amides is 1. The third-order valence-corrected chi connectivity index (χ3v) is 8.21. The molecule has 1 fully saturated rings. The first kappa shape index (κ1) is 25.1. The van der Waals surface area contributed by atoms with E-state index >= 15 is 0 Å². The number of hydrogen-bond donors (Lipinski definition) is 1. The van der Waals surface area contributed by atoms with Gasteiger partial charge in [-0.1, -0.05) is 48.0 Å². The summed E-state index contributed by atoms with van der Waals surface area (Å²) in [6.07, 6.45) is 3.71. The number of hydrogen-bond acceptors (Lipinski definition) is 4. The minimum absolute atomic E-state index is 0.112. The molecule has 0 bridgehead atoms. The summed E-state index contributed by atoms with van der Waals surface area (Å²) >= 11 is 6.18. The summed E-state index contributed by atoms with van der Waals surface area (Å²) < 4.78 is 28.1. The number of sulfonamides is 1. The molecule has 8 heteroatoms. The lowest BCUT2D eigenvalue weighted by molar-refractivity contribution is -0.119. The molecule has 1 aliphatic heterocycles. The first-order valence-corrected chi connectivity index (χ1v) is 13.6. The fraction of sp³-hybridized carbons (Fsp3) is 0.296. The fourth-order valence-electron chi connectivity index (χ4n) is 4.23. The van der Waals surface area contributed by atoms with Crippen LogP contribution in [0.2, 0.25) is 5.02 Å². The van der Waals surface area contributed by atoms with Gasteiger partial charge in [0.15, 0.2) is 0 Å². The highest BCUT2D eigenvalue weighted by Gasteiger charge is 2.28. The van der Waals surface area contributed by atoms with Crippen molar-refractivity contribution >= 4 is 38.9 Å². The number of carbonyl (C=O) groups excluding carboxylic acids is 1. The molecule has 6 nitrogen and oxygen atoms in total. The van der Waals surface area contributed by atoms with E-state index in [1.807, 2.05) is 12.1 Å². The molecule has 0 spiro atoms.